The second-order valence-electron chi connectivity index (χ2n) is 2.90. The van der Waals surface area contributed by atoms with Crippen LogP contribution in [0.4, 0.5) is 13.2 Å². The van der Waals surface area contributed by atoms with Crippen LogP contribution >= 0.6 is 0 Å². The number of halogens is 3. The van der Waals surface area contributed by atoms with Crippen molar-refractivity contribution in [3.8, 4) is 0 Å². The van der Waals surface area contributed by atoms with Gasteiger partial charge in [-0.05, 0) is 13.0 Å². The number of hydrogen-bond acceptors (Lipinski definition) is 2. The van der Waals surface area contributed by atoms with Crippen molar-refractivity contribution in [2.45, 2.75) is 13.0 Å². The van der Waals surface area contributed by atoms with Crippen LogP contribution in [-0.4, -0.2) is 11.8 Å². The Hall–Kier alpha value is -1.36. The maximum Gasteiger partial charge on any atom is 0.182 e. The van der Waals surface area contributed by atoms with E-state index < -0.39 is 34.8 Å². The van der Waals surface area contributed by atoms with Crippen molar-refractivity contribution in [1.29, 1.82) is 0 Å². The first-order valence-electron chi connectivity index (χ1n) is 3.88. The fourth-order valence-electron chi connectivity index (χ4n) is 0.957. The largest absolute Gasteiger partial charge is 0.321 e. The van der Waals surface area contributed by atoms with E-state index in [0.29, 0.717) is 12.1 Å². The summed E-state index contributed by atoms with van der Waals surface area (Å²) < 4.78 is 38.1. The first-order chi connectivity index (χ1) is 6.43. The van der Waals surface area contributed by atoms with Crippen LogP contribution in [0.15, 0.2) is 12.1 Å². The van der Waals surface area contributed by atoms with Crippen LogP contribution in [0, 0.1) is 17.5 Å². The molecule has 1 aromatic carbocycles. The second kappa shape index (κ2) is 3.79. The molecular weight excluding hydrogens is 195 g/mol. The number of benzene rings is 1. The summed E-state index contributed by atoms with van der Waals surface area (Å²) in [6, 6.07) is -0.115. The molecular formula is C9H8F3NO. The van der Waals surface area contributed by atoms with E-state index in [9.17, 15) is 18.0 Å². The molecule has 1 rings (SSSR count). The van der Waals surface area contributed by atoms with Crippen LogP contribution in [0.2, 0.25) is 0 Å². The molecule has 0 spiro atoms. The highest BCUT2D eigenvalue weighted by Crippen LogP contribution is 2.14. The molecule has 0 heterocycles. The third-order valence-electron chi connectivity index (χ3n) is 1.69. The lowest BCUT2D eigenvalue weighted by molar-refractivity contribution is 0.0963. The predicted octanol–water partition coefficient (Wildman–Crippen LogP) is 1.63. The molecule has 2 N–H and O–H groups in total. The molecule has 0 saturated carbocycles. The van der Waals surface area contributed by atoms with Crippen molar-refractivity contribution < 1.29 is 18.0 Å². The molecule has 76 valence electrons. The van der Waals surface area contributed by atoms with Crippen LogP contribution in [0.5, 0.6) is 0 Å². The van der Waals surface area contributed by atoms with Gasteiger partial charge in [0.05, 0.1) is 11.6 Å². The summed E-state index contributed by atoms with van der Waals surface area (Å²) in [5.41, 5.74) is 4.66. The van der Waals surface area contributed by atoms with Gasteiger partial charge < -0.3 is 5.73 Å². The lowest BCUT2D eigenvalue weighted by Crippen LogP contribution is -2.27. The van der Waals surface area contributed by atoms with Gasteiger partial charge in [-0.25, -0.2) is 13.2 Å². The summed E-state index contributed by atoms with van der Waals surface area (Å²) in [6.45, 7) is 1.34. The molecule has 0 bridgehead atoms. The van der Waals surface area contributed by atoms with Crippen molar-refractivity contribution >= 4 is 5.78 Å². The molecule has 0 aliphatic carbocycles. The monoisotopic (exact) mass is 203 g/mol. The van der Waals surface area contributed by atoms with Crippen molar-refractivity contribution in [3.63, 3.8) is 0 Å². The van der Waals surface area contributed by atoms with E-state index in [2.05, 4.69) is 0 Å². The van der Waals surface area contributed by atoms with Crippen molar-refractivity contribution in [2.24, 2.45) is 5.73 Å². The average Bonchev–Trinajstić information content (AvgIpc) is 2.10. The summed E-state index contributed by atoms with van der Waals surface area (Å²) in [5, 5.41) is 0. The zero-order valence-electron chi connectivity index (χ0n) is 7.35. The molecule has 0 fully saturated rings. The Bertz CT molecular complexity index is 377. The third-order valence-corrected chi connectivity index (χ3v) is 1.69. The van der Waals surface area contributed by atoms with Crippen molar-refractivity contribution in [2.75, 3.05) is 0 Å². The quantitative estimate of drug-likeness (QED) is 0.586. The van der Waals surface area contributed by atoms with Crippen LogP contribution in [-0.2, 0) is 0 Å². The summed E-state index contributed by atoms with van der Waals surface area (Å²) in [6.07, 6.45) is 0. The van der Waals surface area contributed by atoms with Crippen LogP contribution in [0.1, 0.15) is 17.3 Å². The smallest absolute Gasteiger partial charge is 0.182 e. The van der Waals surface area contributed by atoms with Crippen molar-refractivity contribution in [3.05, 3.63) is 35.1 Å². The Kier molecular flexibility index (Phi) is 2.90. The standard InChI is InChI=1S/C9H8F3NO/c1-4(13)9(14)5-2-7(11)8(12)3-6(5)10/h2-4H,13H2,1H3. The second-order valence-corrected chi connectivity index (χ2v) is 2.90. The third kappa shape index (κ3) is 1.93. The maximum absolute atomic E-state index is 13.0. The van der Waals surface area contributed by atoms with E-state index in [1.807, 2.05) is 0 Å². The molecule has 1 aromatic rings. The normalized spacial score (nSPS) is 12.6. The zero-order valence-corrected chi connectivity index (χ0v) is 7.35. The number of nitrogens with two attached hydrogens (primary N) is 1. The Labute approximate surface area is 78.5 Å². The van der Waals surface area contributed by atoms with Crippen LogP contribution < -0.4 is 5.73 Å². The zero-order chi connectivity index (χ0) is 10.9. The van der Waals surface area contributed by atoms with Crippen LogP contribution in [0.3, 0.4) is 0 Å². The van der Waals surface area contributed by atoms with Gasteiger partial charge in [-0.3, -0.25) is 4.79 Å². The molecule has 0 aliphatic rings. The molecule has 1 atom stereocenters. The first-order valence-corrected chi connectivity index (χ1v) is 3.88. The molecule has 0 aliphatic heterocycles. The van der Waals surface area contributed by atoms with Gasteiger partial charge in [0, 0.05) is 6.07 Å². The average molecular weight is 203 g/mol. The predicted molar refractivity (Wildman–Crippen MR) is 44.3 cm³/mol. The SMILES string of the molecule is CC(N)C(=O)c1cc(F)c(F)cc1F. The van der Waals surface area contributed by atoms with Gasteiger partial charge in [-0.1, -0.05) is 0 Å². The molecule has 2 nitrogen and oxygen atoms in total. The summed E-state index contributed by atoms with van der Waals surface area (Å²) in [7, 11) is 0. The molecule has 0 saturated heterocycles. The number of carbonyl (C=O) groups excluding carboxylic acids is 1. The number of Topliss-reactive ketones (excluding diaryl/α,β-unsaturated/α-hetero) is 1. The number of carbonyl (C=O) groups is 1. The van der Waals surface area contributed by atoms with E-state index in [-0.39, 0.29) is 0 Å². The lowest BCUT2D eigenvalue weighted by atomic mass is 10.1. The summed E-state index contributed by atoms with van der Waals surface area (Å²) in [4.78, 5) is 11.2. The van der Waals surface area contributed by atoms with Gasteiger partial charge in [0.15, 0.2) is 17.4 Å². The van der Waals surface area contributed by atoms with E-state index in [0.717, 1.165) is 0 Å². The fraction of sp³-hybridized carbons (Fsp3) is 0.222. The van der Waals surface area contributed by atoms with Gasteiger partial charge in [-0.2, -0.15) is 0 Å². The van der Waals surface area contributed by atoms with Gasteiger partial charge in [0.1, 0.15) is 5.82 Å². The number of ketones is 1. The topological polar surface area (TPSA) is 43.1 Å². The highest BCUT2D eigenvalue weighted by molar-refractivity contribution is 5.99. The minimum Gasteiger partial charge on any atom is -0.321 e. The Morgan fingerprint density at radius 1 is 1.21 bits per heavy atom. The molecule has 0 aromatic heterocycles. The summed E-state index contributed by atoms with van der Waals surface area (Å²) in [5.74, 6) is -4.47. The lowest BCUT2D eigenvalue weighted by Gasteiger charge is -2.05. The molecule has 0 radical (unpaired) electrons. The van der Waals surface area contributed by atoms with Crippen LogP contribution in [0.25, 0.3) is 0 Å². The molecule has 14 heavy (non-hydrogen) atoms. The highest BCUT2D eigenvalue weighted by Gasteiger charge is 2.18. The van der Waals surface area contributed by atoms with Gasteiger partial charge in [0.2, 0.25) is 0 Å². The Morgan fingerprint density at radius 3 is 2.21 bits per heavy atom. The number of rotatable bonds is 2. The maximum atomic E-state index is 13.0. The van der Waals surface area contributed by atoms with Gasteiger partial charge in [-0.15, -0.1) is 0 Å². The molecule has 5 heteroatoms. The van der Waals surface area contributed by atoms with E-state index >= 15 is 0 Å². The minimum atomic E-state index is -1.33. The Morgan fingerprint density at radius 2 is 1.71 bits per heavy atom. The highest BCUT2D eigenvalue weighted by atomic mass is 19.2. The summed E-state index contributed by atoms with van der Waals surface area (Å²) >= 11 is 0. The minimum absolute atomic E-state index is 0.324. The van der Waals surface area contributed by atoms with E-state index in [1.165, 1.54) is 6.92 Å². The Balaban J connectivity index is 3.22. The molecule has 1 unspecified atom stereocenters. The molecule has 0 amide bonds. The first kappa shape index (κ1) is 10.7. The fourth-order valence-corrected chi connectivity index (χ4v) is 0.957. The number of hydrogen-bond donors (Lipinski definition) is 1. The van der Waals surface area contributed by atoms with E-state index in [1.54, 1.807) is 0 Å². The van der Waals surface area contributed by atoms with Gasteiger partial charge >= 0.3 is 0 Å². The van der Waals surface area contributed by atoms with Gasteiger partial charge in [0.25, 0.3) is 0 Å². The van der Waals surface area contributed by atoms with Crippen molar-refractivity contribution in [1.82, 2.24) is 0 Å². The van der Waals surface area contributed by atoms with E-state index in [4.69, 9.17) is 5.73 Å².